The van der Waals surface area contributed by atoms with Crippen molar-refractivity contribution in [3.8, 4) is 0 Å². The molecule has 8 heteroatoms. The van der Waals surface area contributed by atoms with E-state index in [2.05, 4.69) is 42.1 Å². The minimum absolute atomic E-state index is 0.369. The fraction of sp³-hybridized carbons (Fsp3) is 0.676. The van der Waals surface area contributed by atoms with Crippen molar-refractivity contribution in [3.05, 3.63) is 40.8 Å². The molecule has 0 aromatic carbocycles. The van der Waals surface area contributed by atoms with Crippen molar-refractivity contribution in [3.63, 3.8) is 0 Å². The summed E-state index contributed by atoms with van der Waals surface area (Å²) in [5, 5.41) is 5.63. The molecule has 0 radical (unpaired) electrons. The molecule has 3 aromatic rings. The average molecular weight is 621 g/mol. The number of aryl methyl sites for hydroxylation is 3. The molecule has 8 nitrogen and oxygen atoms in total. The molecule has 3 heterocycles. The number of hydrogen-bond acceptors (Lipinski definition) is 7. The summed E-state index contributed by atoms with van der Waals surface area (Å²) in [4.78, 5) is 20.1. The molecular formula is C37H60N6O2. The molecule has 3 rings (SSSR count). The van der Waals surface area contributed by atoms with Gasteiger partial charge >= 0.3 is 0 Å². The van der Waals surface area contributed by atoms with Gasteiger partial charge in [0.15, 0.2) is 11.6 Å². The van der Waals surface area contributed by atoms with E-state index in [0.717, 1.165) is 79.6 Å². The molecule has 45 heavy (non-hydrogen) atoms. The standard InChI is InChI=1S/C37H60N6O2/c1-5-8-10-11-12-13-14-15-16-17-18-19-20-21-22-28-34-40-32(42-45-34)26-23-24-29-44-43-33(27-9-6-2)41-35-36(43)31(25-7-3)30(4)39-37(35)38/h7,25H,3-6,8-24,26-29H2,1-2H3,(H2,38,39)/b31-25+. The third kappa shape index (κ3) is 12.6. The number of unbranched alkanes of at least 4 members (excludes halogenated alkanes) is 16. The van der Waals surface area contributed by atoms with E-state index >= 15 is 0 Å². The van der Waals surface area contributed by atoms with Crippen molar-refractivity contribution >= 4 is 29.5 Å². The van der Waals surface area contributed by atoms with Gasteiger partial charge in [-0.05, 0) is 25.7 Å². The van der Waals surface area contributed by atoms with Gasteiger partial charge in [0.25, 0.3) is 0 Å². The maximum Gasteiger partial charge on any atom is 0.226 e. The Morgan fingerprint density at radius 1 is 0.733 bits per heavy atom. The number of rotatable bonds is 26. The van der Waals surface area contributed by atoms with Gasteiger partial charge in [0, 0.05) is 24.5 Å². The van der Waals surface area contributed by atoms with Crippen LogP contribution in [-0.2, 0) is 19.3 Å². The second-order valence-electron chi connectivity index (χ2n) is 12.5. The molecule has 3 aromatic heterocycles. The van der Waals surface area contributed by atoms with Crippen LogP contribution in [0.15, 0.2) is 17.2 Å². The lowest BCUT2D eigenvalue weighted by Crippen LogP contribution is -2.31. The molecule has 0 unspecified atom stereocenters. The molecule has 0 saturated carbocycles. The fourth-order valence-corrected chi connectivity index (χ4v) is 5.87. The van der Waals surface area contributed by atoms with Crippen LogP contribution < -0.4 is 21.1 Å². The van der Waals surface area contributed by atoms with Crippen LogP contribution in [0.5, 0.6) is 0 Å². The number of nitrogens with two attached hydrogens (primary N) is 1. The van der Waals surface area contributed by atoms with Crippen molar-refractivity contribution in [1.82, 2.24) is 24.8 Å². The van der Waals surface area contributed by atoms with Crippen LogP contribution in [0.25, 0.3) is 23.7 Å². The molecule has 0 atom stereocenters. The summed E-state index contributed by atoms with van der Waals surface area (Å²) in [5.41, 5.74) is 7.68. The molecule has 250 valence electrons. The minimum atomic E-state index is 0.369. The number of allylic oxidation sites excluding steroid dienone is 1. The molecule has 0 bridgehead atoms. The van der Waals surface area contributed by atoms with Crippen molar-refractivity contribution in [2.45, 2.75) is 155 Å². The highest BCUT2D eigenvalue weighted by Gasteiger charge is 2.17. The highest BCUT2D eigenvalue weighted by molar-refractivity contribution is 5.86. The fourth-order valence-electron chi connectivity index (χ4n) is 5.87. The van der Waals surface area contributed by atoms with Crippen molar-refractivity contribution in [1.29, 1.82) is 0 Å². The zero-order valence-electron chi connectivity index (χ0n) is 28.5. The zero-order chi connectivity index (χ0) is 32.1. The predicted molar refractivity (Wildman–Crippen MR) is 187 cm³/mol. The number of imidazole rings is 1. The first kappa shape index (κ1) is 36.3. The minimum Gasteiger partial charge on any atom is -0.412 e. The smallest absolute Gasteiger partial charge is 0.226 e. The quantitative estimate of drug-likeness (QED) is 0.0907. The molecule has 0 saturated heterocycles. The zero-order valence-corrected chi connectivity index (χ0v) is 28.5. The van der Waals surface area contributed by atoms with Gasteiger partial charge in [-0.2, -0.15) is 9.71 Å². The Hall–Kier alpha value is -3.16. The van der Waals surface area contributed by atoms with Crippen LogP contribution in [0.1, 0.15) is 153 Å². The van der Waals surface area contributed by atoms with Crippen LogP contribution >= 0.6 is 0 Å². The van der Waals surface area contributed by atoms with Gasteiger partial charge in [0.1, 0.15) is 23.5 Å². The maximum atomic E-state index is 6.29. The predicted octanol–water partition coefficient (Wildman–Crippen LogP) is 7.98. The monoisotopic (exact) mass is 620 g/mol. The van der Waals surface area contributed by atoms with E-state index in [0.29, 0.717) is 23.3 Å². The highest BCUT2D eigenvalue weighted by Crippen LogP contribution is 2.18. The number of fused-ring (bicyclic) bond motifs is 1. The Balaban J connectivity index is 1.30. The van der Waals surface area contributed by atoms with Crippen molar-refractivity contribution in [2.75, 3.05) is 12.3 Å². The molecule has 0 aliphatic carbocycles. The molecule has 0 spiro atoms. The molecule has 2 N–H and O–H groups in total. The number of nitrogens with zero attached hydrogens (tertiary/aromatic N) is 5. The maximum absolute atomic E-state index is 6.29. The Morgan fingerprint density at radius 3 is 1.96 bits per heavy atom. The lowest BCUT2D eigenvalue weighted by atomic mass is 10.0. The average Bonchev–Trinajstić information content (AvgIpc) is 3.64. The van der Waals surface area contributed by atoms with E-state index < -0.39 is 0 Å². The van der Waals surface area contributed by atoms with E-state index in [-0.39, 0.29) is 0 Å². The molecule has 0 fully saturated rings. The van der Waals surface area contributed by atoms with Gasteiger partial charge in [-0.3, -0.25) is 0 Å². The van der Waals surface area contributed by atoms with Gasteiger partial charge < -0.3 is 15.1 Å². The Bertz CT molecular complexity index is 1360. The van der Waals surface area contributed by atoms with Crippen LogP contribution in [0, 0.1) is 0 Å². The number of pyridine rings is 1. The van der Waals surface area contributed by atoms with Crippen LogP contribution in [0.2, 0.25) is 0 Å². The number of nitrogen functional groups attached to an aromatic ring is 1. The van der Waals surface area contributed by atoms with E-state index in [1.165, 1.54) is 89.9 Å². The van der Waals surface area contributed by atoms with Crippen molar-refractivity contribution in [2.24, 2.45) is 0 Å². The largest absolute Gasteiger partial charge is 0.412 e. The van der Waals surface area contributed by atoms with Gasteiger partial charge in [0.2, 0.25) is 5.89 Å². The molecule has 0 aliphatic heterocycles. The molecule has 0 amide bonds. The number of aromatic nitrogens is 5. The lowest BCUT2D eigenvalue weighted by Gasteiger charge is -2.11. The first-order valence-electron chi connectivity index (χ1n) is 18.0. The molecular weight excluding hydrogens is 560 g/mol. The molecule has 0 aliphatic rings. The SMILES string of the molecule is C=C/C=c1\c(=C)nc(N)c2nc(CCCC)n(OCCCCc3noc(CCCCCCCCCCCCCCCCC)n3)c12. The number of anilines is 1. The summed E-state index contributed by atoms with van der Waals surface area (Å²) >= 11 is 0. The summed E-state index contributed by atoms with van der Waals surface area (Å²) in [5.74, 6) is 2.77. The second-order valence-corrected chi connectivity index (χ2v) is 12.5. The normalized spacial score (nSPS) is 12.0. The van der Waals surface area contributed by atoms with E-state index in [1.54, 1.807) is 6.08 Å². The van der Waals surface area contributed by atoms with E-state index in [4.69, 9.17) is 20.1 Å². The number of hydrogen-bond donors (Lipinski definition) is 1. The Kier molecular flexibility index (Phi) is 17.4. The Morgan fingerprint density at radius 2 is 1.33 bits per heavy atom. The second kappa shape index (κ2) is 21.6. The first-order chi connectivity index (χ1) is 22.1. The summed E-state index contributed by atoms with van der Waals surface area (Å²) in [6, 6.07) is 0. The summed E-state index contributed by atoms with van der Waals surface area (Å²) in [6.45, 7) is 12.9. The first-order valence-corrected chi connectivity index (χ1v) is 18.0. The van der Waals surface area contributed by atoms with E-state index in [9.17, 15) is 0 Å². The third-order valence-corrected chi connectivity index (χ3v) is 8.52. The van der Waals surface area contributed by atoms with Gasteiger partial charge in [-0.15, -0.1) is 0 Å². The van der Waals surface area contributed by atoms with Gasteiger partial charge in [0.05, 0.1) is 5.35 Å². The topological polar surface area (TPSA) is 105 Å². The van der Waals surface area contributed by atoms with E-state index in [1.807, 2.05) is 10.8 Å². The van der Waals surface area contributed by atoms with Gasteiger partial charge in [-0.25, -0.2) is 9.97 Å². The van der Waals surface area contributed by atoms with Gasteiger partial charge in [-0.1, -0.05) is 141 Å². The highest BCUT2D eigenvalue weighted by atomic mass is 16.7. The van der Waals surface area contributed by atoms with Crippen LogP contribution in [0.4, 0.5) is 5.82 Å². The lowest BCUT2D eigenvalue weighted by molar-refractivity contribution is 0.108. The Labute approximate surface area is 271 Å². The summed E-state index contributed by atoms with van der Waals surface area (Å²) in [7, 11) is 0. The summed E-state index contributed by atoms with van der Waals surface area (Å²) < 4.78 is 7.35. The third-order valence-electron chi connectivity index (χ3n) is 8.52. The van der Waals surface area contributed by atoms with Crippen LogP contribution in [-0.4, -0.2) is 31.4 Å². The summed E-state index contributed by atoms with van der Waals surface area (Å²) in [6.07, 6.45) is 30.4. The van der Waals surface area contributed by atoms with Crippen LogP contribution in [0.3, 0.4) is 0 Å². The van der Waals surface area contributed by atoms with Crippen molar-refractivity contribution < 1.29 is 9.36 Å².